The van der Waals surface area contributed by atoms with Gasteiger partial charge in [0.1, 0.15) is 0 Å². The second-order valence-electron chi connectivity index (χ2n) is 7.37. The van der Waals surface area contributed by atoms with Crippen LogP contribution in [-0.2, 0) is 0 Å². The van der Waals surface area contributed by atoms with Gasteiger partial charge in [-0.05, 0) is 24.6 Å². The maximum absolute atomic E-state index is 12.8. The van der Waals surface area contributed by atoms with Gasteiger partial charge in [0.15, 0.2) is 17.5 Å². The number of benzene rings is 1. The first kappa shape index (κ1) is 20.5. The highest BCUT2D eigenvalue weighted by molar-refractivity contribution is 6.36. The Labute approximate surface area is 192 Å². The summed E-state index contributed by atoms with van der Waals surface area (Å²) in [6.45, 7) is 1.22. The summed E-state index contributed by atoms with van der Waals surface area (Å²) in [7, 11) is 0. The number of nitrogen functional groups attached to an aromatic ring is 1. The standard InChI is InChI=1S/C21H17Cl2N7O2/c22-14-8-11(19-25-5-1-6-26-19)2-3-13(14)21(31)28-12-4-7-30(10-12)20-17-16(15(23)9-27-20)18(24)29-32-17/h1-3,5-6,8-9,12H,4,7,10H2,(H2,24,29)(H,28,31)/t12-/m1/s1. The zero-order valence-electron chi connectivity index (χ0n) is 16.6. The minimum Gasteiger partial charge on any atom is -0.380 e. The molecule has 1 amide bonds. The zero-order valence-corrected chi connectivity index (χ0v) is 18.1. The zero-order chi connectivity index (χ0) is 22.2. The molecule has 1 fully saturated rings. The number of carbonyl (C=O) groups is 1. The van der Waals surface area contributed by atoms with Gasteiger partial charge in [-0.2, -0.15) is 0 Å². The molecule has 0 unspecified atom stereocenters. The summed E-state index contributed by atoms with van der Waals surface area (Å²) in [5.41, 5.74) is 7.41. The molecule has 3 aromatic heterocycles. The second kappa shape index (κ2) is 8.25. The van der Waals surface area contributed by atoms with Gasteiger partial charge in [0.25, 0.3) is 5.91 Å². The topological polar surface area (TPSA) is 123 Å². The van der Waals surface area contributed by atoms with Gasteiger partial charge >= 0.3 is 0 Å². The van der Waals surface area contributed by atoms with Gasteiger partial charge < -0.3 is 20.5 Å². The molecule has 9 nitrogen and oxygen atoms in total. The Hall–Kier alpha value is -3.43. The van der Waals surface area contributed by atoms with Crippen molar-refractivity contribution < 1.29 is 9.32 Å². The Morgan fingerprint density at radius 1 is 1.19 bits per heavy atom. The van der Waals surface area contributed by atoms with Crippen LogP contribution >= 0.6 is 23.2 Å². The molecule has 0 spiro atoms. The van der Waals surface area contributed by atoms with Crippen LogP contribution in [0.2, 0.25) is 10.0 Å². The van der Waals surface area contributed by atoms with Gasteiger partial charge in [0.05, 0.1) is 21.0 Å². The Balaban J connectivity index is 1.30. The molecule has 0 bridgehead atoms. The van der Waals surface area contributed by atoms with Crippen LogP contribution in [0.25, 0.3) is 22.4 Å². The van der Waals surface area contributed by atoms with E-state index >= 15 is 0 Å². The number of rotatable bonds is 4. The molecule has 0 aliphatic carbocycles. The number of pyridine rings is 1. The molecule has 1 aliphatic rings. The van der Waals surface area contributed by atoms with E-state index < -0.39 is 0 Å². The highest BCUT2D eigenvalue weighted by Gasteiger charge is 2.29. The van der Waals surface area contributed by atoms with E-state index in [-0.39, 0.29) is 17.8 Å². The first-order valence-corrected chi connectivity index (χ1v) is 10.6. The van der Waals surface area contributed by atoms with Gasteiger partial charge in [0, 0.05) is 43.3 Å². The molecule has 162 valence electrons. The lowest BCUT2D eigenvalue weighted by Crippen LogP contribution is -2.37. The number of aromatic nitrogens is 4. The molecule has 1 aromatic carbocycles. The van der Waals surface area contributed by atoms with Crippen molar-refractivity contribution in [1.82, 2.24) is 25.4 Å². The summed E-state index contributed by atoms with van der Waals surface area (Å²) >= 11 is 12.6. The fourth-order valence-corrected chi connectivity index (χ4v) is 4.27. The smallest absolute Gasteiger partial charge is 0.253 e. The second-order valence-corrected chi connectivity index (χ2v) is 8.19. The van der Waals surface area contributed by atoms with Gasteiger partial charge in [-0.15, -0.1) is 0 Å². The first-order chi connectivity index (χ1) is 15.5. The summed E-state index contributed by atoms with van der Waals surface area (Å²) < 4.78 is 5.34. The molecule has 5 rings (SSSR count). The number of nitrogens with zero attached hydrogens (tertiary/aromatic N) is 5. The van der Waals surface area contributed by atoms with Gasteiger partial charge in [-0.25, -0.2) is 15.0 Å². The van der Waals surface area contributed by atoms with Crippen LogP contribution in [0.1, 0.15) is 16.8 Å². The van der Waals surface area contributed by atoms with Gasteiger partial charge in [-0.1, -0.05) is 34.4 Å². The highest BCUT2D eigenvalue weighted by atomic mass is 35.5. The van der Waals surface area contributed by atoms with Crippen LogP contribution in [0.15, 0.2) is 47.4 Å². The number of nitrogens with two attached hydrogens (primary N) is 1. The largest absolute Gasteiger partial charge is 0.380 e. The molecule has 32 heavy (non-hydrogen) atoms. The van der Waals surface area contributed by atoms with Gasteiger partial charge in [-0.3, -0.25) is 4.79 Å². The fraction of sp³-hybridized carbons (Fsp3) is 0.190. The van der Waals surface area contributed by atoms with E-state index in [0.717, 1.165) is 12.0 Å². The molecule has 1 saturated heterocycles. The molecular formula is C21H17Cl2N7O2. The lowest BCUT2D eigenvalue weighted by Gasteiger charge is -2.18. The van der Waals surface area contributed by atoms with Crippen molar-refractivity contribution in [3.05, 3.63) is 58.5 Å². The summed E-state index contributed by atoms with van der Waals surface area (Å²) in [6, 6.07) is 6.79. The monoisotopic (exact) mass is 469 g/mol. The third kappa shape index (κ3) is 3.69. The molecule has 11 heteroatoms. The Morgan fingerprint density at radius 3 is 2.78 bits per heavy atom. The van der Waals surface area contributed by atoms with E-state index in [0.29, 0.717) is 51.3 Å². The summed E-state index contributed by atoms with van der Waals surface area (Å²) in [5.74, 6) is 1.11. The maximum Gasteiger partial charge on any atom is 0.253 e. The Kier molecular flexibility index (Phi) is 5.28. The third-order valence-corrected chi connectivity index (χ3v) is 5.92. The molecule has 3 N–H and O–H groups in total. The predicted molar refractivity (Wildman–Crippen MR) is 122 cm³/mol. The average molecular weight is 470 g/mol. The van der Waals surface area contributed by atoms with Crippen LogP contribution in [0, 0.1) is 0 Å². The van der Waals surface area contributed by atoms with E-state index in [9.17, 15) is 4.79 Å². The number of anilines is 2. The number of halogens is 2. The van der Waals surface area contributed by atoms with Crippen molar-refractivity contribution in [3.63, 3.8) is 0 Å². The molecule has 1 aliphatic heterocycles. The van der Waals surface area contributed by atoms with Crippen LogP contribution in [0.3, 0.4) is 0 Å². The fourth-order valence-electron chi connectivity index (χ4n) is 3.77. The lowest BCUT2D eigenvalue weighted by atomic mass is 10.1. The molecule has 4 heterocycles. The Bertz CT molecular complexity index is 1310. The summed E-state index contributed by atoms with van der Waals surface area (Å²) in [6.07, 6.45) is 5.56. The van der Waals surface area contributed by atoms with Crippen molar-refractivity contribution in [2.24, 2.45) is 0 Å². The van der Waals surface area contributed by atoms with E-state index in [1.165, 1.54) is 6.20 Å². The normalized spacial score (nSPS) is 15.9. The SMILES string of the molecule is Nc1noc2c(N3CC[C@@H](NC(=O)c4ccc(-c5ncccn5)cc4Cl)C3)ncc(Cl)c12. The van der Waals surface area contributed by atoms with Crippen molar-refractivity contribution in [3.8, 4) is 11.4 Å². The van der Waals surface area contributed by atoms with Crippen LogP contribution < -0.4 is 16.0 Å². The predicted octanol–water partition coefficient (Wildman–Crippen LogP) is 3.58. The molecular weight excluding hydrogens is 453 g/mol. The number of hydrogen-bond donors (Lipinski definition) is 2. The first-order valence-electron chi connectivity index (χ1n) is 9.83. The van der Waals surface area contributed by atoms with Crippen LogP contribution in [0.5, 0.6) is 0 Å². The maximum atomic E-state index is 12.8. The summed E-state index contributed by atoms with van der Waals surface area (Å²) in [5, 5.41) is 8.09. The number of carbonyl (C=O) groups excluding carboxylic acids is 1. The van der Waals surface area contributed by atoms with Crippen LogP contribution in [0.4, 0.5) is 11.6 Å². The van der Waals surface area contributed by atoms with Gasteiger partial charge in [0.2, 0.25) is 5.58 Å². The molecule has 0 saturated carbocycles. The third-order valence-electron chi connectivity index (χ3n) is 5.32. The molecule has 0 radical (unpaired) electrons. The number of nitrogens with one attached hydrogen (secondary N) is 1. The van der Waals surface area contributed by atoms with E-state index in [1.54, 1.807) is 36.7 Å². The van der Waals surface area contributed by atoms with Crippen LogP contribution in [-0.4, -0.2) is 45.1 Å². The average Bonchev–Trinajstić information content (AvgIpc) is 3.42. The lowest BCUT2D eigenvalue weighted by molar-refractivity contribution is 0.0940. The van der Waals surface area contributed by atoms with Crippen molar-refractivity contribution in [1.29, 1.82) is 0 Å². The molecule has 4 aromatic rings. The molecule has 1 atom stereocenters. The van der Waals surface area contributed by atoms with Crippen molar-refractivity contribution >= 4 is 51.7 Å². The highest BCUT2D eigenvalue weighted by Crippen LogP contribution is 2.35. The minimum absolute atomic E-state index is 0.0940. The van der Waals surface area contributed by atoms with E-state index in [4.69, 9.17) is 33.5 Å². The van der Waals surface area contributed by atoms with Crippen molar-refractivity contribution in [2.45, 2.75) is 12.5 Å². The number of hydrogen-bond acceptors (Lipinski definition) is 8. The van der Waals surface area contributed by atoms with Crippen molar-refractivity contribution in [2.75, 3.05) is 23.7 Å². The minimum atomic E-state index is -0.250. The quantitative estimate of drug-likeness (QED) is 0.464. The number of fused-ring (bicyclic) bond motifs is 1. The van der Waals surface area contributed by atoms with E-state index in [1.807, 2.05) is 4.90 Å². The van der Waals surface area contributed by atoms with E-state index in [2.05, 4.69) is 25.4 Å². The number of amides is 1. The summed E-state index contributed by atoms with van der Waals surface area (Å²) in [4.78, 5) is 27.6. The Morgan fingerprint density at radius 2 is 2.00 bits per heavy atom.